The first-order valence-electron chi connectivity index (χ1n) is 5.94. The van der Waals surface area contributed by atoms with Gasteiger partial charge in [-0.15, -0.1) is 0 Å². The van der Waals surface area contributed by atoms with Gasteiger partial charge in [-0.3, -0.25) is 4.79 Å². The van der Waals surface area contributed by atoms with E-state index < -0.39 is 11.7 Å². The Balaban J connectivity index is 2.76. The molecule has 7 heteroatoms. The van der Waals surface area contributed by atoms with Crippen LogP contribution in [0.2, 0.25) is 0 Å². The molecule has 1 aromatic rings. The van der Waals surface area contributed by atoms with Gasteiger partial charge in [-0.1, -0.05) is 0 Å². The van der Waals surface area contributed by atoms with Crippen molar-refractivity contribution in [1.82, 2.24) is 9.88 Å². The molecule has 0 spiro atoms. The van der Waals surface area contributed by atoms with E-state index in [1.165, 1.54) is 17.2 Å². The highest BCUT2D eigenvalue weighted by atomic mass is 19.4. The highest BCUT2D eigenvalue weighted by molar-refractivity contribution is 5.80. The summed E-state index contributed by atoms with van der Waals surface area (Å²) in [4.78, 5) is 16.9. The van der Waals surface area contributed by atoms with E-state index in [1.54, 1.807) is 0 Å². The van der Waals surface area contributed by atoms with Crippen LogP contribution in [0.1, 0.15) is 19.4 Å². The van der Waals surface area contributed by atoms with Gasteiger partial charge in [-0.25, -0.2) is 4.98 Å². The lowest BCUT2D eigenvalue weighted by atomic mass is 10.2. The Bertz CT molecular complexity index is 430. The van der Waals surface area contributed by atoms with Crippen molar-refractivity contribution in [3.05, 3.63) is 23.9 Å². The Kier molecular flexibility index (Phi) is 5.14. The van der Waals surface area contributed by atoms with Gasteiger partial charge in [0.15, 0.2) is 0 Å². The molecular formula is C12H16F3N3O. The largest absolute Gasteiger partial charge is 0.419 e. The third kappa shape index (κ3) is 4.11. The lowest BCUT2D eigenvalue weighted by Crippen LogP contribution is -2.35. The molecule has 0 radical (unpaired) electrons. The maximum absolute atomic E-state index is 12.7. The van der Waals surface area contributed by atoms with Gasteiger partial charge in [0.25, 0.3) is 0 Å². The number of hydrogen-bond donors (Lipinski definition) is 1. The Labute approximate surface area is 109 Å². The number of anilines is 1. The number of halogens is 3. The summed E-state index contributed by atoms with van der Waals surface area (Å²) in [7, 11) is 0. The molecule has 1 aromatic heterocycles. The number of likely N-dealkylation sites (N-methyl/N-ethyl adjacent to an activating group) is 1. The maximum Gasteiger partial charge on any atom is 0.419 e. The number of amides is 1. The summed E-state index contributed by atoms with van der Waals surface area (Å²) in [5, 5.41) is 2.45. The summed E-state index contributed by atoms with van der Waals surface area (Å²) in [6.07, 6.45) is -3.24. The predicted octanol–water partition coefficient (Wildman–Crippen LogP) is 2.38. The zero-order chi connectivity index (χ0) is 14.5. The van der Waals surface area contributed by atoms with Crippen LogP contribution in [-0.2, 0) is 11.0 Å². The second kappa shape index (κ2) is 6.40. The van der Waals surface area contributed by atoms with E-state index in [0.717, 1.165) is 6.07 Å². The van der Waals surface area contributed by atoms with E-state index in [-0.39, 0.29) is 18.3 Å². The summed E-state index contributed by atoms with van der Waals surface area (Å²) >= 11 is 0. The Morgan fingerprint density at radius 1 is 1.37 bits per heavy atom. The fourth-order valence-electron chi connectivity index (χ4n) is 1.62. The van der Waals surface area contributed by atoms with Crippen LogP contribution in [0.15, 0.2) is 18.3 Å². The molecule has 0 fully saturated rings. The molecule has 4 nitrogen and oxygen atoms in total. The number of rotatable bonds is 5. The molecule has 19 heavy (non-hydrogen) atoms. The fraction of sp³-hybridized carbons (Fsp3) is 0.500. The highest BCUT2D eigenvalue weighted by Gasteiger charge is 2.34. The summed E-state index contributed by atoms with van der Waals surface area (Å²) in [6, 6.07) is 2.14. The molecule has 1 heterocycles. The van der Waals surface area contributed by atoms with Crippen LogP contribution in [0, 0.1) is 0 Å². The summed E-state index contributed by atoms with van der Waals surface area (Å²) in [6.45, 7) is 4.45. The summed E-state index contributed by atoms with van der Waals surface area (Å²) in [5.74, 6) is -0.584. The smallest absolute Gasteiger partial charge is 0.360 e. The summed E-state index contributed by atoms with van der Waals surface area (Å²) < 4.78 is 38.1. The maximum atomic E-state index is 12.7. The van der Waals surface area contributed by atoms with Crippen LogP contribution in [0.3, 0.4) is 0 Å². The number of carbonyl (C=O) groups is 1. The highest BCUT2D eigenvalue weighted by Crippen LogP contribution is 2.33. The van der Waals surface area contributed by atoms with Gasteiger partial charge in [-0.05, 0) is 26.0 Å². The molecule has 0 atom stereocenters. The van der Waals surface area contributed by atoms with E-state index in [4.69, 9.17) is 0 Å². The van der Waals surface area contributed by atoms with E-state index in [0.29, 0.717) is 13.1 Å². The normalized spacial score (nSPS) is 11.2. The summed E-state index contributed by atoms with van der Waals surface area (Å²) in [5.41, 5.74) is -0.873. The first-order valence-corrected chi connectivity index (χ1v) is 5.94. The molecular weight excluding hydrogens is 259 g/mol. The minimum absolute atomic E-state index is 0.207. The number of alkyl halides is 3. The van der Waals surface area contributed by atoms with Crippen molar-refractivity contribution in [2.24, 2.45) is 0 Å². The van der Waals surface area contributed by atoms with Gasteiger partial charge in [-0.2, -0.15) is 13.2 Å². The van der Waals surface area contributed by atoms with Gasteiger partial charge < -0.3 is 10.2 Å². The van der Waals surface area contributed by atoms with Gasteiger partial charge in [0.05, 0.1) is 12.1 Å². The van der Waals surface area contributed by atoms with Gasteiger partial charge >= 0.3 is 6.18 Å². The van der Waals surface area contributed by atoms with Crippen molar-refractivity contribution in [1.29, 1.82) is 0 Å². The second-order valence-corrected chi connectivity index (χ2v) is 3.82. The lowest BCUT2D eigenvalue weighted by molar-refractivity contribution is -0.137. The van der Waals surface area contributed by atoms with Crippen molar-refractivity contribution in [2.75, 3.05) is 25.0 Å². The quantitative estimate of drug-likeness (QED) is 0.897. The number of nitrogens with one attached hydrogen (secondary N) is 1. The molecule has 0 aliphatic heterocycles. The zero-order valence-corrected chi connectivity index (χ0v) is 10.8. The van der Waals surface area contributed by atoms with E-state index in [1.807, 2.05) is 13.8 Å². The minimum Gasteiger partial charge on any atom is -0.360 e. The van der Waals surface area contributed by atoms with Crippen molar-refractivity contribution in [3.63, 3.8) is 0 Å². The van der Waals surface area contributed by atoms with Crippen LogP contribution in [0.5, 0.6) is 0 Å². The van der Waals surface area contributed by atoms with Crippen LogP contribution >= 0.6 is 0 Å². The van der Waals surface area contributed by atoms with Crippen LogP contribution in [0.4, 0.5) is 19.0 Å². The van der Waals surface area contributed by atoms with E-state index in [9.17, 15) is 18.0 Å². The molecule has 106 valence electrons. The molecule has 0 saturated heterocycles. The zero-order valence-electron chi connectivity index (χ0n) is 10.8. The molecule has 1 amide bonds. The van der Waals surface area contributed by atoms with Crippen molar-refractivity contribution in [3.8, 4) is 0 Å². The molecule has 0 aliphatic rings. The Morgan fingerprint density at radius 2 is 2.00 bits per heavy atom. The number of hydrogen-bond acceptors (Lipinski definition) is 3. The molecule has 0 aromatic carbocycles. The number of aromatic nitrogens is 1. The van der Waals surface area contributed by atoms with E-state index >= 15 is 0 Å². The molecule has 0 unspecified atom stereocenters. The van der Waals surface area contributed by atoms with Gasteiger partial charge in [0.1, 0.15) is 5.82 Å². The van der Waals surface area contributed by atoms with E-state index in [2.05, 4.69) is 10.3 Å². The molecule has 0 bridgehead atoms. The first-order chi connectivity index (χ1) is 8.90. The Hall–Kier alpha value is -1.79. The average Bonchev–Trinajstić information content (AvgIpc) is 2.37. The van der Waals surface area contributed by atoms with Gasteiger partial charge in [0, 0.05) is 19.3 Å². The van der Waals surface area contributed by atoms with Gasteiger partial charge in [0.2, 0.25) is 5.91 Å². The van der Waals surface area contributed by atoms with Crippen LogP contribution < -0.4 is 5.32 Å². The SMILES string of the molecule is CCN(CC)C(=O)CNc1ncccc1C(F)(F)F. The van der Waals surface area contributed by atoms with Crippen LogP contribution in [0.25, 0.3) is 0 Å². The van der Waals surface area contributed by atoms with Crippen molar-refractivity contribution < 1.29 is 18.0 Å². The monoisotopic (exact) mass is 275 g/mol. The standard InChI is InChI=1S/C12H16F3N3O/c1-3-18(4-2)10(19)8-17-11-9(12(13,14)15)6-5-7-16-11/h5-7H,3-4,8H2,1-2H3,(H,16,17). The third-order valence-corrected chi connectivity index (χ3v) is 2.64. The fourth-order valence-corrected chi connectivity index (χ4v) is 1.62. The van der Waals surface area contributed by atoms with Crippen molar-refractivity contribution >= 4 is 11.7 Å². The minimum atomic E-state index is -4.49. The lowest BCUT2D eigenvalue weighted by Gasteiger charge is -2.19. The molecule has 0 saturated carbocycles. The molecule has 1 rings (SSSR count). The molecule has 1 N–H and O–H groups in total. The third-order valence-electron chi connectivity index (χ3n) is 2.64. The topological polar surface area (TPSA) is 45.2 Å². The predicted molar refractivity (Wildman–Crippen MR) is 65.7 cm³/mol. The Morgan fingerprint density at radius 3 is 2.53 bits per heavy atom. The first kappa shape index (κ1) is 15.3. The second-order valence-electron chi connectivity index (χ2n) is 3.82. The average molecular weight is 275 g/mol. The van der Waals surface area contributed by atoms with Crippen LogP contribution in [-0.4, -0.2) is 35.4 Å². The molecule has 0 aliphatic carbocycles. The number of nitrogens with zero attached hydrogens (tertiary/aromatic N) is 2. The number of pyridine rings is 1. The number of carbonyl (C=O) groups excluding carboxylic acids is 1. The van der Waals surface area contributed by atoms with Crippen molar-refractivity contribution in [2.45, 2.75) is 20.0 Å².